The number of aliphatic hydroxyl groups is 1. The highest BCUT2D eigenvalue weighted by Crippen LogP contribution is 2.21. The molecule has 0 spiro atoms. The van der Waals surface area contributed by atoms with Crippen LogP contribution in [0.25, 0.3) is 5.69 Å². The van der Waals surface area contributed by atoms with Gasteiger partial charge in [-0.25, -0.2) is 9.59 Å². The molecule has 36 heavy (non-hydrogen) atoms. The van der Waals surface area contributed by atoms with Gasteiger partial charge in [-0.05, 0) is 42.6 Å². The minimum absolute atomic E-state index is 0.156. The summed E-state index contributed by atoms with van der Waals surface area (Å²) in [6.45, 7) is 4.58. The van der Waals surface area contributed by atoms with Crippen LogP contribution in [0.5, 0.6) is 0 Å². The first-order valence-electron chi connectivity index (χ1n) is 12.2. The zero-order valence-electron chi connectivity index (χ0n) is 20.3. The molecule has 194 valence electrons. The van der Waals surface area contributed by atoms with Gasteiger partial charge in [0, 0.05) is 52.0 Å². The molecule has 4 rings (SSSR count). The highest BCUT2D eigenvalue weighted by atomic mass is 16.3. The topological polar surface area (TPSA) is 163 Å². The Morgan fingerprint density at radius 2 is 1.75 bits per heavy atom. The van der Waals surface area contributed by atoms with Crippen LogP contribution >= 0.6 is 0 Å². The van der Waals surface area contributed by atoms with E-state index in [1.807, 2.05) is 24.3 Å². The number of urea groups is 1. The number of nitrogens with zero attached hydrogens (tertiary/aromatic N) is 5. The van der Waals surface area contributed by atoms with Crippen LogP contribution in [-0.4, -0.2) is 99.8 Å². The van der Waals surface area contributed by atoms with Crippen molar-refractivity contribution in [3.8, 4) is 5.69 Å². The van der Waals surface area contributed by atoms with Crippen molar-refractivity contribution in [2.45, 2.75) is 19.0 Å². The van der Waals surface area contributed by atoms with Gasteiger partial charge in [-0.1, -0.05) is 12.1 Å². The number of hydrogen-bond donors (Lipinski definition) is 4. The van der Waals surface area contributed by atoms with Crippen LogP contribution < -0.4 is 22.5 Å². The fourth-order valence-electron chi connectivity index (χ4n) is 4.54. The van der Waals surface area contributed by atoms with Gasteiger partial charge in [-0.3, -0.25) is 19.6 Å². The molecule has 0 aliphatic carbocycles. The second kappa shape index (κ2) is 11.6. The zero-order chi connectivity index (χ0) is 25.7. The van der Waals surface area contributed by atoms with Crippen molar-refractivity contribution in [3.63, 3.8) is 0 Å². The highest BCUT2D eigenvalue weighted by molar-refractivity contribution is 5.88. The van der Waals surface area contributed by atoms with E-state index < -0.39 is 24.4 Å². The van der Waals surface area contributed by atoms with Crippen LogP contribution in [0.15, 0.2) is 41.3 Å². The van der Waals surface area contributed by atoms with Crippen molar-refractivity contribution in [1.29, 1.82) is 0 Å². The van der Waals surface area contributed by atoms with Gasteiger partial charge in [-0.15, -0.1) is 0 Å². The van der Waals surface area contributed by atoms with Crippen LogP contribution in [0.3, 0.4) is 0 Å². The molecule has 1 atom stereocenters. The van der Waals surface area contributed by atoms with Crippen molar-refractivity contribution in [2.75, 3.05) is 57.7 Å². The maximum absolute atomic E-state index is 12.6. The number of carbonyl (C=O) groups excluding carboxylic acids is 2. The monoisotopic (exact) mass is 498 g/mol. The molecule has 3 heterocycles. The Bertz CT molecular complexity index is 1110. The number of aliphatic hydroxyl groups excluding tert-OH is 1. The first-order valence-corrected chi connectivity index (χ1v) is 12.2. The van der Waals surface area contributed by atoms with Gasteiger partial charge >= 0.3 is 11.7 Å². The van der Waals surface area contributed by atoms with Gasteiger partial charge in [0.05, 0.1) is 12.3 Å². The summed E-state index contributed by atoms with van der Waals surface area (Å²) in [6, 6.07) is 8.01. The number of carbonyl (C=O) groups is 2. The predicted molar refractivity (Wildman–Crippen MR) is 135 cm³/mol. The van der Waals surface area contributed by atoms with Crippen LogP contribution in [0.1, 0.15) is 12.0 Å². The number of nitrogens with two attached hydrogens (primary N) is 2. The largest absolute Gasteiger partial charge is 0.394 e. The summed E-state index contributed by atoms with van der Waals surface area (Å²) in [5, 5.41) is 11.7. The molecule has 12 nitrogen and oxygen atoms in total. The quantitative estimate of drug-likeness (QED) is 0.360. The van der Waals surface area contributed by atoms with Gasteiger partial charge in [-0.2, -0.15) is 4.98 Å². The van der Waals surface area contributed by atoms with Crippen molar-refractivity contribution >= 4 is 17.8 Å². The lowest BCUT2D eigenvalue weighted by atomic mass is 9.96. The Morgan fingerprint density at radius 1 is 1.08 bits per heavy atom. The Hall–Kier alpha value is -3.32. The standard InChI is InChI=1S/C24H34N8O4/c25-7-5-18-14-29(15-18)13-17-1-3-19(4-2-17)32-8-6-21(28-24(32)36)27-23(35)31-11-9-30(10-12-31)22(34)20(26)16-33/h1-4,6,8,18,20,33H,5,7,9-16,25-26H2,(H,27,28,35,36)/t20-/m0/s1. The summed E-state index contributed by atoms with van der Waals surface area (Å²) in [7, 11) is 0. The molecule has 2 aliphatic rings. The summed E-state index contributed by atoms with van der Waals surface area (Å²) in [5.41, 5.74) is 12.6. The molecule has 0 bridgehead atoms. The fourth-order valence-corrected chi connectivity index (χ4v) is 4.54. The van der Waals surface area contributed by atoms with E-state index in [1.54, 1.807) is 12.3 Å². The SMILES string of the molecule is NCCC1CN(Cc2ccc(-n3ccc(NC(=O)N4CCN(C(=O)[C@@H](N)CO)CC4)nc3=O)cc2)C1. The number of nitrogens with one attached hydrogen (secondary N) is 1. The molecular weight excluding hydrogens is 464 g/mol. The van der Waals surface area contributed by atoms with Crippen LogP contribution in [-0.2, 0) is 11.3 Å². The van der Waals surface area contributed by atoms with E-state index in [4.69, 9.17) is 16.6 Å². The Morgan fingerprint density at radius 3 is 2.36 bits per heavy atom. The molecule has 6 N–H and O–H groups in total. The number of aromatic nitrogens is 2. The van der Waals surface area contributed by atoms with Gasteiger partial charge in [0.15, 0.2) is 0 Å². The zero-order valence-corrected chi connectivity index (χ0v) is 20.3. The van der Waals surface area contributed by atoms with Crippen LogP contribution in [0.4, 0.5) is 10.6 Å². The van der Waals surface area contributed by atoms with E-state index in [1.165, 1.54) is 19.9 Å². The van der Waals surface area contributed by atoms with Gasteiger partial charge in [0.2, 0.25) is 5.91 Å². The molecule has 0 radical (unpaired) electrons. The van der Waals surface area contributed by atoms with Gasteiger partial charge < -0.3 is 26.4 Å². The van der Waals surface area contributed by atoms with E-state index in [2.05, 4.69) is 15.2 Å². The Balaban J connectivity index is 1.29. The molecule has 0 saturated carbocycles. The number of piperazine rings is 1. The molecule has 12 heteroatoms. The first kappa shape index (κ1) is 25.8. The number of benzene rings is 1. The van der Waals surface area contributed by atoms with Crippen LogP contribution in [0.2, 0.25) is 0 Å². The molecule has 2 saturated heterocycles. The number of rotatable bonds is 8. The third kappa shape index (κ3) is 6.08. The van der Waals surface area contributed by atoms with E-state index in [9.17, 15) is 14.4 Å². The Labute approximate surface area is 209 Å². The van der Waals surface area contributed by atoms with E-state index in [-0.39, 0.29) is 11.7 Å². The van der Waals surface area contributed by atoms with Crippen LogP contribution in [0, 0.1) is 5.92 Å². The summed E-state index contributed by atoms with van der Waals surface area (Å²) in [6.07, 6.45) is 2.65. The van der Waals surface area contributed by atoms with Gasteiger partial charge in [0.25, 0.3) is 0 Å². The molecule has 2 aliphatic heterocycles. The lowest BCUT2D eigenvalue weighted by Gasteiger charge is -2.39. The first-order chi connectivity index (χ1) is 17.4. The average molecular weight is 499 g/mol. The fraction of sp³-hybridized carbons (Fsp3) is 0.500. The minimum Gasteiger partial charge on any atom is -0.394 e. The maximum Gasteiger partial charge on any atom is 0.354 e. The van der Waals surface area contributed by atoms with Crippen molar-refractivity contribution in [1.82, 2.24) is 24.3 Å². The molecule has 3 amide bonds. The summed E-state index contributed by atoms with van der Waals surface area (Å²) < 4.78 is 1.43. The van der Waals surface area contributed by atoms with E-state index in [0.717, 1.165) is 32.6 Å². The molecule has 1 aromatic carbocycles. The number of amides is 3. The smallest absolute Gasteiger partial charge is 0.354 e. The second-order valence-corrected chi connectivity index (χ2v) is 9.30. The van der Waals surface area contributed by atoms with Crippen molar-refractivity contribution in [3.05, 3.63) is 52.6 Å². The van der Waals surface area contributed by atoms with E-state index in [0.29, 0.717) is 37.8 Å². The maximum atomic E-state index is 12.6. The molecule has 0 unspecified atom stereocenters. The van der Waals surface area contributed by atoms with Crippen molar-refractivity contribution in [2.24, 2.45) is 17.4 Å². The highest BCUT2D eigenvalue weighted by Gasteiger charge is 2.27. The summed E-state index contributed by atoms with van der Waals surface area (Å²) in [5.74, 6) is 0.513. The third-order valence-electron chi connectivity index (χ3n) is 6.66. The molecule has 1 aromatic heterocycles. The number of likely N-dealkylation sites (tertiary alicyclic amines) is 1. The predicted octanol–water partition coefficient (Wildman–Crippen LogP) is -0.991. The second-order valence-electron chi connectivity index (χ2n) is 9.30. The Kier molecular flexibility index (Phi) is 8.31. The van der Waals surface area contributed by atoms with Gasteiger partial charge in [0.1, 0.15) is 11.9 Å². The normalized spacial score (nSPS) is 17.5. The number of hydrogen-bond acceptors (Lipinski definition) is 8. The molecule has 2 aromatic rings. The molecule has 2 fully saturated rings. The lowest BCUT2D eigenvalue weighted by molar-refractivity contribution is -0.134. The summed E-state index contributed by atoms with van der Waals surface area (Å²) in [4.78, 5) is 46.7. The number of anilines is 1. The average Bonchev–Trinajstić information content (AvgIpc) is 2.87. The molecular formula is C24H34N8O4. The van der Waals surface area contributed by atoms with Crippen molar-refractivity contribution < 1.29 is 14.7 Å². The van der Waals surface area contributed by atoms with E-state index >= 15 is 0 Å². The lowest BCUT2D eigenvalue weighted by Crippen LogP contribution is -2.55. The third-order valence-corrected chi connectivity index (χ3v) is 6.66. The minimum atomic E-state index is -0.952. The summed E-state index contributed by atoms with van der Waals surface area (Å²) >= 11 is 0.